The van der Waals surface area contributed by atoms with E-state index in [1.54, 1.807) is 24.3 Å². The summed E-state index contributed by atoms with van der Waals surface area (Å²) in [6, 6.07) is 8.67. The van der Waals surface area contributed by atoms with Gasteiger partial charge in [-0.2, -0.15) is 5.10 Å². The van der Waals surface area contributed by atoms with Crippen molar-refractivity contribution in [3.63, 3.8) is 0 Å². The summed E-state index contributed by atoms with van der Waals surface area (Å²) >= 11 is 0. The lowest BCUT2D eigenvalue weighted by molar-refractivity contribution is 0.615. The van der Waals surface area contributed by atoms with Crippen molar-refractivity contribution < 1.29 is 13.2 Å². The van der Waals surface area contributed by atoms with Crippen LogP contribution in [-0.2, 0) is 0 Å². The number of aromatic nitrogens is 2. The van der Waals surface area contributed by atoms with Crippen LogP contribution in [0, 0.1) is 11.6 Å². The van der Waals surface area contributed by atoms with Gasteiger partial charge in [0.05, 0.1) is 17.5 Å². The van der Waals surface area contributed by atoms with E-state index in [4.69, 9.17) is 0 Å². The molecule has 0 bridgehead atoms. The molecule has 3 aromatic rings. The van der Waals surface area contributed by atoms with Gasteiger partial charge in [0.25, 0.3) is 0 Å². The smallest absolute Gasteiger partial charge is 0.141 e. The molecule has 1 aromatic carbocycles. The Kier molecular flexibility index (Phi) is 4.57. The van der Waals surface area contributed by atoms with Gasteiger partial charge < -0.3 is 0 Å². The summed E-state index contributed by atoms with van der Waals surface area (Å²) in [5, 5.41) is 4.41. The van der Waals surface area contributed by atoms with E-state index >= 15 is 0 Å². The molecule has 0 amide bonds. The average molecular weight is 340 g/mol. The number of halogens is 3. The normalized spacial score (nSPS) is 12.6. The highest BCUT2D eigenvalue weighted by atomic mass is 19.1. The molecule has 2 nitrogen and oxygen atoms in total. The van der Waals surface area contributed by atoms with Crippen LogP contribution < -0.4 is 0 Å². The second kappa shape index (κ2) is 6.81. The Hall–Kier alpha value is -3.08. The van der Waals surface area contributed by atoms with Crippen molar-refractivity contribution in [2.45, 2.75) is 6.92 Å². The molecule has 0 atom stereocenters. The van der Waals surface area contributed by atoms with Crippen molar-refractivity contribution >= 4 is 11.1 Å². The average Bonchev–Trinajstić information content (AvgIpc) is 2.93. The van der Waals surface area contributed by atoms with Crippen molar-refractivity contribution in [1.29, 1.82) is 0 Å². The Balaban J connectivity index is 2.35. The third-order valence-corrected chi connectivity index (χ3v) is 3.65. The first kappa shape index (κ1) is 16.8. The van der Waals surface area contributed by atoms with Gasteiger partial charge >= 0.3 is 0 Å². The van der Waals surface area contributed by atoms with Crippen molar-refractivity contribution in [3.05, 3.63) is 90.4 Å². The third-order valence-electron chi connectivity index (χ3n) is 3.65. The number of hydrogen-bond donors (Lipinski definition) is 0. The Bertz CT molecular complexity index is 992. The summed E-state index contributed by atoms with van der Waals surface area (Å²) in [7, 11) is 0. The molecule has 0 spiro atoms. The Morgan fingerprint density at radius 1 is 1.08 bits per heavy atom. The molecule has 0 fully saturated rings. The predicted molar refractivity (Wildman–Crippen MR) is 93.6 cm³/mol. The van der Waals surface area contributed by atoms with E-state index in [1.165, 1.54) is 48.0 Å². The van der Waals surface area contributed by atoms with Crippen LogP contribution >= 0.6 is 0 Å². The van der Waals surface area contributed by atoms with E-state index < -0.39 is 5.82 Å². The summed E-state index contributed by atoms with van der Waals surface area (Å²) in [4.78, 5) is 0. The summed E-state index contributed by atoms with van der Waals surface area (Å²) in [5.41, 5.74) is 2.89. The van der Waals surface area contributed by atoms with Crippen molar-refractivity contribution in [1.82, 2.24) is 9.61 Å². The molecule has 3 rings (SSSR count). The second-order valence-corrected chi connectivity index (χ2v) is 5.50. The monoisotopic (exact) mass is 340 g/mol. The van der Waals surface area contributed by atoms with Gasteiger partial charge in [0.1, 0.15) is 17.3 Å². The molecule has 0 aliphatic heterocycles. The van der Waals surface area contributed by atoms with Crippen molar-refractivity contribution in [2.75, 3.05) is 0 Å². The lowest BCUT2D eigenvalue weighted by Gasteiger charge is -2.05. The molecular formula is C20H15F3N2. The molecule has 2 aromatic heterocycles. The highest BCUT2D eigenvalue weighted by Gasteiger charge is 2.17. The van der Waals surface area contributed by atoms with E-state index in [-0.39, 0.29) is 11.6 Å². The number of allylic oxidation sites excluding steroid dienone is 5. The van der Waals surface area contributed by atoms with Crippen molar-refractivity contribution in [3.8, 4) is 11.3 Å². The lowest BCUT2D eigenvalue weighted by Crippen LogP contribution is -1.88. The summed E-state index contributed by atoms with van der Waals surface area (Å²) in [6.45, 7) is 4.99. The fraction of sp³-hybridized carbons (Fsp3) is 0.0500. The van der Waals surface area contributed by atoms with Gasteiger partial charge in [-0.05, 0) is 55.0 Å². The SMILES string of the molecule is C=C/C=C(\C=C(/C)F)c1c(-c2ccc(F)cc2)nn2cc(F)ccc12. The Morgan fingerprint density at radius 3 is 2.40 bits per heavy atom. The van der Waals surface area contributed by atoms with Crippen LogP contribution in [0.2, 0.25) is 0 Å². The number of hydrogen-bond acceptors (Lipinski definition) is 1. The summed E-state index contributed by atoms with van der Waals surface area (Å²) in [5.74, 6) is -1.21. The molecule has 0 saturated heterocycles. The number of nitrogens with zero attached hydrogens (tertiary/aromatic N) is 2. The van der Waals surface area contributed by atoms with E-state index in [2.05, 4.69) is 11.7 Å². The maximum atomic E-state index is 13.6. The Morgan fingerprint density at radius 2 is 1.76 bits per heavy atom. The van der Waals surface area contributed by atoms with Gasteiger partial charge in [0.15, 0.2) is 0 Å². The fourth-order valence-corrected chi connectivity index (χ4v) is 2.66. The number of fused-ring (bicyclic) bond motifs is 1. The zero-order valence-corrected chi connectivity index (χ0v) is 13.5. The maximum Gasteiger partial charge on any atom is 0.141 e. The zero-order valence-electron chi connectivity index (χ0n) is 13.5. The first-order valence-electron chi connectivity index (χ1n) is 7.60. The largest absolute Gasteiger partial charge is 0.237 e. The fourth-order valence-electron chi connectivity index (χ4n) is 2.66. The Labute approximate surface area is 143 Å². The minimum Gasteiger partial charge on any atom is -0.237 e. The lowest BCUT2D eigenvalue weighted by atomic mass is 9.98. The van der Waals surface area contributed by atoms with E-state index in [0.717, 1.165) is 0 Å². The van der Waals surface area contributed by atoms with Crippen LogP contribution in [-0.4, -0.2) is 9.61 Å². The second-order valence-electron chi connectivity index (χ2n) is 5.50. The maximum absolute atomic E-state index is 13.6. The third kappa shape index (κ3) is 3.40. The molecule has 0 unspecified atom stereocenters. The quantitative estimate of drug-likeness (QED) is 0.555. The molecule has 25 heavy (non-hydrogen) atoms. The minimum absolute atomic E-state index is 0.374. The molecule has 126 valence electrons. The van der Waals surface area contributed by atoms with Gasteiger partial charge in [0, 0.05) is 11.1 Å². The predicted octanol–water partition coefficient (Wildman–Crippen LogP) is 5.72. The van der Waals surface area contributed by atoms with Crippen molar-refractivity contribution in [2.24, 2.45) is 0 Å². The van der Waals surface area contributed by atoms with Crippen LogP contribution in [0.5, 0.6) is 0 Å². The van der Waals surface area contributed by atoms with Crippen LogP contribution in [0.25, 0.3) is 22.3 Å². The van der Waals surface area contributed by atoms with Crippen LogP contribution in [0.4, 0.5) is 13.2 Å². The first-order chi connectivity index (χ1) is 12.0. The van der Waals surface area contributed by atoms with Crippen LogP contribution in [0.3, 0.4) is 0 Å². The molecule has 0 N–H and O–H groups in total. The van der Waals surface area contributed by atoms with E-state index in [1.807, 2.05) is 0 Å². The first-order valence-corrected chi connectivity index (χ1v) is 7.60. The van der Waals surface area contributed by atoms with E-state index in [9.17, 15) is 13.2 Å². The molecular weight excluding hydrogens is 325 g/mol. The number of rotatable bonds is 4. The van der Waals surface area contributed by atoms with Gasteiger partial charge in [-0.1, -0.05) is 18.7 Å². The van der Waals surface area contributed by atoms with Crippen LogP contribution in [0.1, 0.15) is 12.5 Å². The minimum atomic E-state index is -0.446. The number of pyridine rings is 1. The zero-order chi connectivity index (χ0) is 18.0. The van der Waals surface area contributed by atoms with Gasteiger partial charge in [-0.15, -0.1) is 0 Å². The number of benzene rings is 1. The standard InChI is InChI=1S/C20H15F3N2/c1-3-4-15(11-13(2)21)19-18-10-9-17(23)12-25(18)24-20(19)14-5-7-16(22)8-6-14/h3-12H,1H2,2H3/b13-11+,15-4+. The van der Waals surface area contributed by atoms with Crippen LogP contribution in [0.15, 0.2) is 73.2 Å². The topological polar surface area (TPSA) is 17.3 Å². The summed E-state index contributed by atoms with van der Waals surface area (Å²) in [6.07, 6.45) is 5.78. The van der Waals surface area contributed by atoms with Gasteiger partial charge in [-0.3, -0.25) is 0 Å². The van der Waals surface area contributed by atoms with E-state index in [0.29, 0.717) is 27.9 Å². The molecule has 0 saturated carbocycles. The molecule has 0 radical (unpaired) electrons. The molecule has 0 aliphatic rings. The molecule has 2 heterocycles. The summed E-state index contributed by atoms with van der Waals surface area (Å²) < 4.78 is 41.8. The molecule has 0 aliphatic carbocycles. The molecule has 5 heteroatoms. The van der Waals surface area contributed by atoms with Gasteiger partial charge in [-0.25, -0.2) is 17.7 Å². The highest BCUT2D eigenvalue weighted by molar-refractivity contribution is 5.92. The highest BCUT2D eigenvalue weighted by Crippen LogP contribution is 2.33. The van der Waals surface area contributed by atoms with Gasteiger partial charge in [0.2, 0.25) is 0 Å².